The molecule has 1 heterocycles. The number of aromatic amines is 1. The second-order valence-electron chi connectivity index (χ2n) is 3.88. The summed E-state index contributed by atoms with van der Waals surface area (Å²) < 4.78 is 32.3. The predicted molar refractivity (Wildman–Crippen MR) is 76.0 cm³/mol. The van der Waals surface area contributed by atoms with Crippen LogP contribution < -0.4 is 9.46 Å². The van der Waals surface area contributed by atoms with Crippen molar-refractivity contribution in [2.45, 2.75) is 11.3 Å². The van der Waals surface area contributed by atoms with Crippen molar-refractivity contribution in [3.05, 3.63) is 34.8 Å². The molecule has 0 bridgehead atoms. The molecule has 2 aromatic rings. The van der Waals surface area contributed by atoms with E-state index in [1.54, 1.807) is 6.07 Å². The van der Waals surface area contributed by atoms with Crippen molar-refractivity contribution >= 4 is 26.0 Å². The van der Waals surface area contributed by atoms with E-state index in [1.165, 1.54) is 25.6 Å². The second-order valence-corrected chi connectivity index (χ2v) is 6.50. The monoisotopic (exact) mass is 360 g/mol. The third-order valence-corrected chi connectivity index (χ3v) is 4.63. The summed E-state index contributed by atoms with van der Waals surface area (Å²) >= 11 is 3.26. The van der Waals surface area contributed by atoms with Gasteiger partial charge in [0, 0.05) is 13.0 Å². The van der Waals surface area contributed by atoms with E-state index in [1.807, 2.05) is 0 Å². The van der Waals surface area contributed by atoms with Crippen molar-refractivity contribution in [3.63, 3.8) is 0 Å². The molecule has 0 unspecified atom stereocenters. The number of benzene rings is 1. The summed E-state index contributed by atoms with van der Waals surface area (Å²) in [7, 11) is -2.04. The summed E-state index contributed by atoms with van der Waals surface area (Å²) in [6.45, 7) is 0.237. The number of nitrogens with zero attached hydrogens (tertiary/aromatic N) is 2. The molecule has 108 valence electrons. The van der Waals surface area contributed by atoms with Gasteiger partial charge < -0.3 is 4.74 Å². The second kappa shape index (κ2) is 6.33. The molecule has 0 amide bonds. The van der Waals surface area contributed by atoms with Crippen molar-refractivity contribution in [2.24, 2.45) is 0 Å². The number of hydrogen-bond acceptors (Lipinski definition) is 5. The van der Waals surface area contributed by atoms with E-state index in [9.17, 15) is 8.42 Å². The first-order valence-electron chi connectivity index (χ1n) is 5.70. The average molecular weight is 361 g/mol. The topological polar surface area (TPSA) is 97.0 Å². The molecule has 0 saturated carbocycles. The molecule has 9 heteroatoms. The molecule has 1 aromatic heterocycles. The van der Waals surface area contributed by atoms with Crippen LogP contribution in [-0.4, -0.2) is 37.3 Å². The zero-order valence-electron chi connectivity index (χ0n) is 10.6. The summed E-state index contributed by atoms with van der Waals surface area (Å²) in [5.74, 6) is 1.20. The smallest absolute Gasteiger partial charge is 0.240 e. The van der Waals surface area contributed by atoms with E-state index in [0.29, 0.717) is 22.5 Å². The Morgan fingerprint density at radius 2 is 2.25 bits per heavy atom. The zero-order chi connectivity index (χ0) is 14.6. The van der Waals surface area contributed by atoms with Crippen LogP contribution in [0.25, 0.3) is 0 Å². The van der Waals surface area contributed by atoms with Crippen LogP contribution in [0, 0.1) is 0 Å². The van der Waals surface area contributed by atoms with Gasteiger partial charge in [-0.15, -0.1) is 0 Å². The van der Waals surface area contributed by atoms with Gasteiger partial charge in [-0.05, 0) is 34.1 Å². The van der Waals surface area contributed by atoms with Crippen molar-refractivity contribution in [1.82, 2.24) is 19.9 Å². The van der Waals surface area contributed by atoms with Gasteiger partial charge in [0.2, 0.25) is 10.0 Å². The predicted octanol–water partition coefficient (Wildman–Crippen LogP) is 1.10. The summed E-state index contributed by atoms with van der Waals surface area (Å²) in [6.07, 6.45) is 1.82. The van der Waals surface area contributed by atoms with Crippen molar-refractivity contribution < 1.29 is 13.2 Å². The fourth-order valence-electron chi connectivity index (χ4n) is 1.55. The average Bonchev–Trinajstić information content (AvgIpc) is 2.91. The zero-order valence-corrected chi connectivity index (χ0v) is 13.0. The third kappa shape index (κ3) is 3.56. The van der Waals surface area contributed by atoms with E-state index in [2.05, 4.69) is 35.8 Å². The molecule has 0 aliphatic heterocycles. The molecule has 0 aliphatic rings. The van der Waals surface area contributed by atoms with Crippen LogP contribution >= 0.6 is 15.9 Å². The molecular weight excluding hydrogens is 348 g/mol. The molecule has 7 nitrogen and oxygen atoms in total. The Labute approximate surface area is 124 Å². The first-order chi connectivity index (χ1) is 9.53. The Morgan fingerprint density at radius 3 is 2.85 bits per heavy atom. The Morgan fingerprint density at radius 1 is 1.45 bits per heavy atom. The largest absolute Gasteiger partial charge is 0.496 e. The SMILES string of the molecule is COc1ccc(S(=O)(=O)NCCc2ncn[nH]2)cc1Br. The van der Waals surface area contributed by atoms with Crippen LogP contribution in [0.15, 0.2) is 33.9 Å². The normalized spacial score (nSPS) is 11.5. The molecule has 0 spiro atoms. The van der Waals surface area contributed by atoms with Gasteiger partial charge in [0.1, 0.15) is 17.9 Å². The highest BCUT2D eigenvalue weighted by atomic mass is 79.9. The van der Waals surface area contributed by atoms with Crippen molar-refractivity contribution in [1.29, 1.82) is 0 Å². The molecule has 1 aromatic carbocycles. The summed E-state index contributed by atoms with van der Waals surface area (Å²) in [4.78, 5) is 4.09. The van der Waals surface area contributed by atoms with Crippen LogP contribution in [0.4, 0.5) is 0 Å². The number of H-pyrrole nitrogens is 1. The van der Waals surface area contributed by atoms with Gasteiger partial charge in [0.25, 0.3) is 0 Å². The molecule has 0 radical (unpaired) electrons. The van der Waals surface area contributed by atoms with Gasteiger partial charge in [-0.2, -0.15) is 5.10 Å². The third-order valence-electron chi connectivity index (χ3n) is 2.55. The standard InChI is InChI=1S/C11H13BrN4O3S/c1-19-10-3-2-8(6-9(10)12)20(17,18)15-5-4-11-13-7-14-16-11/h2-3,6-7,15H,4-5H2,1H3,(H,13,14,16). The maximum Gasteiger partial charge on any atom is 0.240 e. The van der Waals surface area contributed by atoms with Crippen LogP contribution in [0.1, 0.15) is 5.82 Å². The maximum absolute atomic E-state index is 12.1. The number of ether oxygens (including phenoxy) is 1. The highest BCUT2D eigenvalue weighted by Gasteiger charge is 2.15. The fourth-order valence-corrected chi connectivity index (χ4v) is 3.30. The first-order valence-corrected chi connectivity index (χ1v) is 7.98. The van der Waals surface area contributed by atoms with Crippen LogP contribution in [-0.2, 0) is 16.4 Å². The van der Waals surface area contributed by atoms with Crippen molar-refractivity contribution in [2.75, 3.05) is 13.7 Å². The van der Waals surface area contributed by atoms with E-state index in [4.69, 9.17) is 4.74 Å². The van der Waals surface area contributed by atoms with Gasteiger partial charge in [-0.3, -0.25) is 5.10 Å². The van der Waals surface area contributed by atoms with Crippen LogP contribution in [0.3, 0.4) is 0 Å². The molecule has 0 aliphatic carbocycles. The lowest BCUT2D eigenvalue weighted by Crippen LogP contribution is -2.26. The fraction of sp³-hybridized carbons (Fsp3) is 0.273. The number of methoxy groups -OCH3 is 1. The molecular formula is C11H13BrN4O3S. The lowest BCUT2D eigenvalue weighted by atomic mass is 10.3. The van der Waals surface area contributed by atoms with Crippen LogP contribution in [0.2, 0.25) is 0 Å². The molecule has 0 saturated heterocycles. The van der Waals surface area contributed by atoms with E-state index >= 15 is 0 Å². The minimum Gasteiger partial charge on any atom is -0.496 e. The first kappa shape index (κ1) is 14.9. The minimum atomic E-state index is -3.56. The number of rotatable bonds is 6. The summed E-state index contributed by atoms with van der Waals surface area (Å²) in [5.41, 5.74) is 0. The Bertz CT molecular complexity index is 673. The van der Waals surface area contributed by atoms with Gasteiger partial charge >= 0.3 is 0 Å². The quantitative estimate of drug-likeness (QED) is 0.803. The van der Waals surface area contributed by atoms with E-state index in [0.717, 1.165) is 0 Å². The van der Waals surface area contributed by atoms with Gasteiger partial charge in [-0.25, -0.2) is 18.1 Å². The summed E-state index contributed by atoms with van der Waals surface area (Å²) in [5, 5.41) is 6.36. The Balaban J connectivity index is 2.04. The Kier molecular flexibility index (Phi) is 4.73. The van der Waals surface area contributed by atoms with Crippen LogP contribution in [0.5, 0.6) is 5.75 Å². The number of halogens is 1. The van der Waals surface area contributed by atoms with Gasteiger partial charge in [-0.1, -0.05) is 0 Å². The number of hydrogen-bond donors (Lipinski definition) is 2. The highest BCUT2D eigenvalue weighted by molar-refractivity contribution is 9.10. The Hall–Kier alpha value is -1.45. The molecule has 2 N–H and O–H groups in total. The van der Waals surface area contributed by atoms with Gasteiger partial charge in [0.15, 0.2) is 0 Å². The molecule has 20 heavy (non-hydrogen) atoms. The number of aromatic nitrogens is 3. The number of sulfonamides is 1. The van der Waals surface area contributed by atoms with E-state index < -0.39 is 10.0 Å². The molecule has 0 atom stereocenters. The minimum absolute atomic E-state index is 0.169. The van der Waals surface area contributed by atoms with Gasteiger partial charge in [0.05, 0.1) is 16.5 Å². The molecule has 2 rings (SSSR count). The molecule has 0 fully saturated rings. The maximum atomic E-state index is 12.1. The number of nitrogens with one attached hydrogen (secondary N) is 2. The lowest BCUT2D eigenvalue weighted by Gasteiger charge is -2.08. The van der Waals surface area contributed by atoms with E-state index in [-0.39, 0.29) is 11.4 Å². The highest BCUT2D eigenvalue weighted by Crippen LogP contribution is 2.27. The summed E-state index contributed by atoms with van der Waals surface area (Å²) in [6, 6.07) is 4.57. The van der Waals surface area contributed by atoms with Crippen molar-refractivity contribution in [3.8, 4) is 5.75 Å². The lowest BCUT2D eigenvalue weighted by molar-refractivity contribution is 0.411.